The van der Waals surface area contributed by atoms with Crippen LogP contribution < -0.4 is 0 Å². The molecule has 1 spiro atoms. The lowest BCUT2D eigenvalue weighted by atomic mass is 9.73. The Kier molecular flexibility index (Phi) is 2.95. The van der Waals surface area contributed by atoms with Crippen LogP contribution in [0, 0.1) is 5.41 Å². The van der Waals surface area contributed by atoms with Gasteiger partial charge in [0, 0.05) is 44.1 Å². The van der Waals surface area contributed by atoms with Crippen LogP contribution in [-0.4, -0.2) is 47.1 Å². The van der Waals surface area contributed by atoms with Gasteiger partial charge in [0.05, 0.1) is 5.56 Å². The van der Waals surface area contributed by atoms with E-state index < -0.39 is 0 Å². The Labute approximate surface area is 110 Å². The van der Waals surface area contributed by atoms with E-state index in [1.165, 1.54) is 12.4 Å². The third kappa shape index (κ3) is 2.08. The van der Waals surface area contributed by atoms with Crippen molar-refractivity contribution in [1.82, 2.24) is 14.9 Å². The SMILES string of the molecule is O=C(c1cnc(Cl)nc1)N1CC2(CCOCC2)C1. The fraction of sp³-hybridized carbons (Fsp3) is 0.583. The smallest absolute Gasteiger partial charge is 0.257 e. The molecule has 6 heteroatoms. The zero-order valence-corrected chi connectivity index (χ0v) is 10.7. The lowest BCUT2D eigenvalue weighted by molar-refractivity contribution is -0.0666. The van der Waals surface area contributed by atoms with E-state index in [4.69, 9.17) is 16.3 Å². The third-order valence-electron chi connectivity index (χ3n) is 3.76. The van der Waals surface area contributed by atoms with E-state index in [1.54, 1.807) is 0 Å². The average Bonchev–Trinajstić information content (AvgIpc) is 2.37. The van der Waals surface area contributed by atoms with E-state index in [1.807, 2.05) is 4.90 Å². The van der Waals surface area contributed by atoms with E-state index in [0.29, 0.717) is 11.0 Å². The molecule has 1 amide bonds. The molecule has 0 N–H and O–H groups in total. The molecule has 2 saturated heterocycles. The highest BCUT2D eigenvalue weighted by Gasteiger charge is 2.45. The van der Waals surface area contributed by atoms with Crippen LogP contribution in [0.15, 0.2) is 12.4 Å². The summed E-state index contributed by atoms with van der Waals surface area (Å²) in [6.07, 6.45) is 5.06. The minimum Gasteiger partial charge on any atom is -0.381 e. The molecule has 2 aliphatic rings. The molecular weight excluding hydrogens is 254 g/mol. The van der Waals surface area contributed by atoms with Gasteiger partial charge in [-0.15, -0.1) is 0 Å². The Balaban J connectivity index is 1.64. The lowest BCUT2D eigenvalue weighted by Gasteiger charge is -2.52. The normalized spacial score (nSPS) is 21.7. The molecule has 0 aliphatic carbocycles. The molecule has 2 fully saturated rings. The summed E-state index contributed by atoms with van der Waals surface area (Å²) in [5.74, 6) is -0.0104. The number of amides is 1. The van der Waals surface area contributed by atoms with Gasteiger partial charge in [-0.2, -0.15) is 0 Å². The molecule has 0 bridgehead atoms. The molecule has 0 saturated carbocycles. The molecule has 1 aromatic heterocycles. The molecule has 5 nitrogen and oxygen atoms in total. The number of nitrogens with zero attached hydrogens (tertiary/aromatic N) is 3. The number of hydrogen-bond donors (Lipinski definition) is 0. The number of halogens is 1. The van der Waals surface area contributed by atoms with Crippen LogP contribution in [0.1, 0.15) is 23.2 Å². The zero-order valence-electron chi connectivity index (χ0n) is 9.93. The summed E-state index contributed by atoms with van der Waals surface area (Å²) in [6, 6.07) is 0. The Morgan fingerprint density at radius 1 is 1.28 bits per heavy atom. The van der Waals surface area contributed by atoms with E-state index in [0.717, 1.165) is 39.1 Å². The van der Waals surface area contributed by atoms with Crippen molar-refractivity contribution in [2.75, 3.05) is 26.3 Å². The van der Waals surface area contributed by atoms with Crippen LogP contribution in [0.3, 0.4) is 0 Å². The van der Waals surface area contributed by atoms with Gasteiger partial charge in [0.2, 0.25) is 5.28 Å². The van der Waals surface area contributed by atoms with Gasteiger partial charge in [-0.3, -0.25) is 4.79 Å². The molecule has 2 aliphatic heterocycles. The standard InChI is InChI=1S/C12H14ClN3O2/c13-11-14-5-9(6-15-11)10(17)16-7-12(8-16)1-3-18-4-2-12/h5-6H,1-4,7-8H2. The summed E-state index contributed by atoms with van der Waals surface area (Å²) in [5.41, 5.74) is 0.794. The van der Waals surface area contributed by atoms with E-state index >= 15 is 0 Å². The van der Waals surface area contributed by atoms with E-state index in [2.05, 4.69) is 9.97 Å². The number of rotatable bonds is 1. The fourth-order valence-corrected chi connectivity index (χ4v) is 2.73. The van der Waals surface area contributed by atoms with E-state index in [9.17, 15) is 4.79 Å². The first-order valence-corrected chi connectivity index (χ1v) is 6.41. The fourth-order valence-electron chi connectivity index (χ4n) is 2.63. The van der Waals surface area contributed by atoms with Crippen molar-refractivity contribution in [3.05, 3.63) is 23.2 Å². The van der Waals surface area contributed by atoms with Gasteiger partial charge >= 0.3 is 0 Å². The largest absolute Gasteiger partial charge is 0.381 e. The molecule has 18 heavy (non-hydrogen) atoms. The van der Waals surface area contributed by atoms with Crippen molar-refractivity contribution in [3.63, 3.8) is 0 Å². The first-order valence-electron chi connectivity index (χ1n) is 6.03. The number of aromatic nitrogens is 2. The predicted octanol–water partition coefficient (Wildman–Crippen LogP) is 1.38. The van der Waals surface area contributed by atoms with Crippen molar-refractivity contribution in [1.29, 1.82) is 0 Å². The maximum atomic E-state index is 12.1. The zero-order chi connectivity index (χ0) is 12.6. The van der Waals surface area contributed by atoms with Gasteiger partial charge in [-0.05, 0) is 24.4 Å². The maximum absolute atomic E-state index is 12.1. The Hall–Kier alpha value is -1.20. The van der Waals surface area contributed by atoms with Crippen LogP contribution in [0.25, 0.3) is 0 Å². The number of carbonyl (C=O) groups is 1. The summed E-state index contributed by atoms with van der Waals surface area (Å²) >= 11 is 5.60. The summed E-state index contributed by atoms with van der Waals surface area (Å²) in [7, 11) is 0. The highest BCUT2D eigenvalue weighted by Crippen LogP contribution is 2.40. The summed E-state index contributed by atoms with van der Waals surface area (Å²) in [5, 5.41) is 0.163. The van der Waals surface area contributed by atoms with Crippen LogP contribution in [0.2, 0.25) is 5.28 Å². The maximum Gasteiger partial charge on any atom is 0.257 e. The van der Waals surface area contributed by atoms with Gasteiger partial charge in [-0.1, -0.05) is 0 Å². The van der Waals surface area contributed by atoms with Crippen LogP contribution >= 0.6 is 11.6 Å². The minimum atomic E-state index is -0.0104. The highest BCUT2D eigenvalue weighted by atomic mass is 35.5. The summed E-state index contributed by atoms with van der Waals surface area (Å²) in [4.78, 5) is 21.6. The molecule has 0 radical (unpaired) electrons. The summed E-state index contributed by atoms with van der Waals surface area (Å²) in [6.45, 7) is 3.26. The number of ether oxygens (including phenoxy) is 1. The molecule has 1 aromatic rings. The van der Waals surface area contributed by atoms with Gasteiger partial charge in [-0.25, -0.2) is 9.97 Å². The Morgan fingerprint density at radius 3 is 2.50 bits per heavy atom. The second-order valence-electron chi connectivity index (χ2n) is 5.01. The molecule has 0 aromatic carbocycles. The topological polar surface area (TPSA) is 55.3 Å². The minimum absolute atomic E-state index is 0.0104. The molecule has 96 valence electrons. The van der Waals surface area contributed by atoms with Crippen LogP contribution in [0.5, 0.6) is 0 Å². The van der Waals surface area contributed by atoms with Crippen molar-refractivity contribution in [2.24, 2.45) is 5.41 Å². The van der Waals surface area contributed by atoms with Crippen molar-refractivity contribution in [3.8, 4) is 0 Å². The second kappa shape index (κ2) is 4.48. The molecule has 3 heterocycles. The van der Waals surface area contributed by atoms with Crippen LogP contribution in [-0.2, 0) is 4.74 Å². The monoisotopic (exact) mass is 267 g/mol. The molecular formula is C12H14ClN3O2. The van der Waals surface area contributed by atoms with Gasteiger partial charge in [0.1, 0.15) is 0 Å². The quantitative estimate of drug-likeness (QED) is 0.722. The van der Waals surface area contributed by atoms with Gasteiger partial charge in [0.15, 0.2) is 0 Å². The van der Waals surface area contributed by atoms with Crippen LogP contribution in [0.4, 0.5) is 0 Å². The number of likely N-dealkylation sites (tertiary alicyclic amines) is 1. The Bertz CT molecular complexity index is 449. The van der Waals surface area contributed by atoms with Gasteiger partial charge < -0.3 is 9.64 Å². The number of carbonyl (C=O) groups excluding carboxylic acids is 1. The first-order chi connectivity index (χ1) is 8.69. The highest BCUT2D eigenvalue weighted by molar-refractivity contribution is 6.28. The van der Waals surface area contributed by atoms with E-state index in [-0.39, 0.29) is 11.2 Å². The number of hydrogen-bond acceptors (Lipinski definition) is 4. The Morgan fingerprint density at radius 2 is 1.89 bits per heavy atom. The lowest BCUT2D eigenvalue weighted by Crippen LogP contribution is -2.60. The van der Waals surface area contributed by atoms with Crippen molar-refractivity contribution < 1.29 is 9.53 Å². The first kappa shape index (κ1) is 11.9. The molecule has 0 atom stereocenters. The second-order valence-corrected chi connectivity index (χ2v) is 5.35. The summed E-state index contributed by atoms with van der Waals surface area (Å²) < 4.78 is 5.36. The third-order valence-corrected chi connectivity index (χ3v) is 3.96. The van der Waals surface area contributed by atoms with Crippen molar-refractivity contribution >= 4 is 17.5 Å². The average molecular weight is 268 g/mol. The van der Waals surface area contributed by atoms with Gasteiger partial charge in [0.25, 0.3) is 5.91 Å². The van der Waals surface area contributed by atoms with Crippen molar-refractivity contribution in [2.45, 2.75) is 12.8 Å². The predicted molar refractivity (Wildman–Crippen MR) is 65.4 cm³/mol. The molecule has 0 unspecified atom stereocenters. The molecule has 3 rings (SSSR count).